The molecule has 18 heavy (non-hydrogen) atoms. The van der Waals surface area contributed by atoms with Gasteiger partial charge in [0.15, 0.2) is 0 Å². The second-order valence-corrected chi connectivity index (χ2v) is 6.10. The molecule has 2 rings (SSSR count). The molecule has 4 nitrogen and oxygen atoms in total. The van der Waals surface area contributed by atoms with Crippen LogP contribution in [0.5, 0.6) is 0 Å². The molecule has 1 heterocycles. The fourth-order valence-corrected chi connectivity index (χ4v) is 3.62. The molecule has 0 spiro atoms. The Morgan fingerprint density at radius 2 is 2.00 bits per heavy atom. The first-order valence-electron chi connectivity index (χ1n) is 7.32. The van der Waals surface area contributed by atoms with Crippen LogP contribution in [0.1, 0.15) is 51.9 Å². The van der Waals surface area contributed by atoms with Crippen molar-refractivity contribution in [2.45, 2.75) is 70.0 Å². The minimum atomic E-state index is -0.648. The van der Waals surface area contributed by atoms with Crippen molar-refractivity contribution in [1.29, 1.82) is 0 Å². The number of aliphatic carboxylic acids is 1. The zero-order chi connectivity index (χ0) is 13.1. The van der Waals surface area contributed by atoms with Crippen LogP contribution in [0.2, 0.25) is 0 Å². The minimum absolute atomic E-state index is 0.245. The first kappa shape index (κ1) is 13.8. The Labute approximate surface area is 110 Å². The van der Waals surface area contributed by atoms with E-state index in [1.807, 2.05) is 0 Å². The molecule has 0 radical (unpaired) electrons. The van der Waals surface area contributed by atoms with E-state index < -0.39 is 5.97 Å². The number of hydrogen-bond acceptors (Lipinski definition) is 3. The summed E-state index contributed by atoms with van der Waals surface area (Å²) < 4.78 is 0. The van der Waals surface area contributed by atoms with Gasteiger partial charge in [-0.15, -0.1) is 0 Å². The number of carboxylic acids is 1. The Hall–Kier alpha value is -0.610. The summed E-state index contributed by atoms with van der Waals surface area (Å²) in [5, 5.41) is 9.21. The molecule has 2 unspecified atom stereocenters. The number of likely N-dealkylation sites (tertiary alicyclic amines) is 1. The van der Waals surface area contributed by atoms with Gasteiger partial charge < -0.3 is 10.8 Å². The van der Waals surface area contributed by atoms with Gasteiger partial charge in [0.1, 0.15) is 6.04 Å². The summed E-state index contributed by atoms with van der Waals surface area (Å²) in [4.78, 5) is 13.4. The Bertz CT molecular complexity index is 288. The van der Waals surface area contributed by atoms with E-state index in [4.69, 9.17) is 5.73 Å². The lowest BCUT2D eigenvalue weighted by Crippen LogP contribution is -2.43. The van der Waals surface area contributed by atoms with Gasteiger partial charge in [-0.2, -0.15) is 0 Å². The maximum atomic E-state index is 11.2. The number of hydrogen-bond donors (Lipinski definition) is 2. The third-order valence-electron chi connectivity index (χ3n) is 4.71. The van der Waals surface area contributed by atoms with Gasteiger partial charge in [0.25, 0.3) is 0 Å². The summed E-state index contributed by atoms with van der Waals surface area (Å²) >= 11 is 0. The van der Waals surface area contributed by atoms with Gasteiger partial charge in [0, 0.05) is 12.1 Å². The molecule has 2 aliphatic rings. The number of carboxylic acid groups (broad SMARTS) is 1. The van der Waals surface area contributed by atoms with Crippen LogP contribution in [-0.2, 0) is 4.79 Å². The summed E-state index contributed by atoms with van der Waals surface area (Å²) in [5.41, 5.74) is 5.92. The van der Waals surface area contributed by atoms with Crippen molar-refractivity contribution >= 4 is 5.97 Å². The monoisotopic (exact) mass is 254 g/mol. The zero-order valence-corrected chi connectivity index (χ0v) is 11.3. The van der Waals surface area contributed by atoms with E-state index >= 15 is 0 Å². The van der Waals surface area contributed by atoms with Crippen molar-refractivity contribution in [2.24, 2.45) is 11.7 Å². The molecule has 1 saturated carbocycles. The predicted octanol–water partition coefficient (Wildman–Crippen LogP) is 1.83. The van der Waals surface area contributed by atoms with Gasteiger partial charge >= 0.3 is 5.97 Å². The van der Waals surface area contributed by atoms with Gasteiger partial charge in [-0.05, 0) is 64.3 Å². The van der Waals surface area contributed by atoms with E-state index in [9.17, 15) is 9.90 Å². The molecule has 2 atom stereocenters. The lowest BCUT2D eigenvalue weighted by molar-refractivity contribution is -0.143. The molecule has 0 bridgehead atoms. The molecule has 0 aromatic rings. The van der Waals surface area contributed by atoms with Gasteiger partial charge in [0.2, 0.25) is 0 Å². The highest BCUT2D eigenvalue weighted by atomic mass is 16.4. The van der Waals surface area contributed by atoms with E-state index in [-0.39, 0.29) is 6.04 Å². The largest absolute Gasteiger partial charge is 0.480 e. The van der Waals surface area contributed by atoms with Crippen molar-refractivity contribution in [2.75, 3.05) is 6.54 Å². The van der Waals surface area contributed by atoms with E-state index in [0.29, 0.717) is 12.1 Å². The number of carbonyl (C=O) groups is 1. The van der Waals surface area contributed by atoms with Crippen molar-refractivity contribution in [3.05, 3.63) is 0 Å². The first-order chi connectivity index (χ1) is 8.58. The Morgan fingerprint density at radius 3 is 2.61 bits per heavy atom. The smallest absolute Gasteiger partial charge is 0.320 e. The fraction of sp³-hybridized carbons (Fsp3) is 0.929. The quantitative estimate of drug-likeness (QED) is 0.803. The molecule has 0 amide bonds. The first-order valence-corrected chi connectivity index (χ1v) is 7.32. The average Bonchev–Trinajstić information content (AvgIpc) is 2.81. The van der Waals surface area contributed by atoms with Crippen molar-refractivity contribution in [1.82, 2.24) is 4.90 Å². The van der Waals surface area contributed by atoms with Gasteiger partial charge in [0.05, 0.1) is 0 Å². The Kier molecular flexibility index (Phi) is 4.62. The maximum absolute atomic E-state index is 11.2. The molecule has 4 heteroatoms. The summed E-state index contributed by atoms with van der Waals surface area (Å²) in [6.45, 7) is 3.14. The van der Waals surface area contributed by atoms with Crippen molar-refractivity contribution in [3.8, 4) is 0 Å². The predicted molar refractivity (Wildman–Crippen MR) is 71.4 cm³/mol. The molecule has 1 aliphatic heterocycles. The number of nitrogens with two attached hydrogens (primary N) is 1. The number of rotatable bonds is 4. The van der Waals surface area contributed by atoms with Crippen LogP contribution in [0.3, 0.4) is 0 Å². The zero-order valence-electron chi connectivity index (χ0n) is 11.3. The van der Waals surface area contributed by atoms with Crippen LogP contribution in [0, 0.1) is 5.92 Å². The standard InChI is InChI=1S/C14H26N2O2/c1-10(9-11-4-6-12(15)7-5-11)16-8-2-3-13(16)14(17)18/h10-13H,2-9,15H2,1H3,(H,17,18). The third kappa shape index (κ3) is 3.23. The summed E-state index contributed by atoms with van der Waals surface area (Å²) in [6, 6.07) is 0.550. The van der Waals surface area contributed by atoms with Crippen molar-refractivity contribution in [3.63, 3.8) is 0 Å². The fourth-order valence-electron chi connectivity index (χ4n) is 3.62. The minimum Gasteiger partial charge on any atom is -0.480 e. The van der Waals surface area contributed by atoms with E-state index in [1.165, 1.54) is 12.8 Å². The van der Waals surface area contributed by atoms with Crippen LogP contribution >= 0.6 is 0 Å². The summed E-state index contributed by atoms with van der Waals surface area (Å²) in [5.74, 6) is 0.0971. The van der Waals surface area contributed by atoms with Crippen LogP contribution in [-0.4, -0.2) is 40.6 Å². The van der Waals surface area contributed by atoms with Crippen LogP contribution in [0.15, 0.2) is 0 Å². The Balaban J connectivity index is 1.83. The van der Waals surface area contributed by atoms with E-state index in [0.717, 1.165) is 44.6 Å². The highest BCUT2D eigenvalue weighted by Gasteiger charge is 2.34. The second-order valence-electron chi connectivity index (χ2n) is 6.10. The normalized spacial score (nSPS) is 35.6. The summed E-state index contributed by atoms with van der Waals surface area (Å²) in [7, 11) is 0. The third-order valence-corrected chi connectivity index (χ3v) is 4.71. The Morgan fingerprint density at radius 1 is 1.33 bits per heavy atom. The van der Waals surface area contributed by atoms with Gasteiger partial charge in [-0.25, -0.2) is 0 Å². The van der Waals surface area contributed by atoms with Crippen LogP contribution < -0.4 is 5.73 Å². The van der Waals surface area contributed by atoms with Crippen LogP contribution in [0.4, 0.5) is 0 Å². The lowest BCUT2D eigenvalue weighted by Gasteiger charge is -2.33. The highest BCUT2D eigenvalue weighted by Crippen LogP contribution is 2.30. The second kappa shape index (κ2) is 6.02. The van der Waals surface area contributed by atoms with Crippen LogP contribution in [0.25, 0.3) is 0 Å². The maximum Gasteiger partial charge on any atom is 0.320 e. The highest BCUT2D eigenvalue weighted by molar-refractivity contribution is 5.73. The molecular weight excluding hydrogens is 228 g/mol. The molecule has 2 fully saturated rings. The van der Waals surface area contributed by atoms with E-state index in [1.54, 1.807) is 0 Å². The SMILES string of the molecule is CC(CC1CCC(N)CC1)N1CCCC1C(=O)O. The van der Waals surface area contributed by atoms with Gasteiger partial charge in [-0.3, -0.25) is 9.69 Å². The summed E-state index contributed by atoms with van der Waals surface area (Å²) in [6.07, 6.45) is 7.69. The molecule has 3 N–H and O–H groups in total. The molecule has 0 aromatic carbocycles. The lowest BCUT2D eigenvalue weighted by atomic mass is 9.82. The van der Waals surface area contributed by atoms with Gasteiger partial charge in [-0.1, -0.05) is 0 Å². The van der Waals surface area contributed by atoms with E-state index in [2.05, 4.69) is 11.8 Å². The molecule has 0 aromatic heterocycles. The topological polar surface area (TPSA) is 66.6 Å². The molecular formula is C14H26N2O2. The number of nitrogens with zero attached hydrogens (tertiary/aromatic N) is 1. The average molecular weight is 254 g/mol. The van der Waals surface area contributed by atoms with Crippen molar-refractivity contribution < 1.29 is 9.90 Å². The molecule has 1 aliphatic carbocycles. The molecule has 104 valence electrons. The molecule has 1 saturated heterocycles.